The molecule has 2 unspecified atom stereocenters. The van der Waals surface area contributed by atoms with Gasteiger partial charge in [-0.2, -0.15) is 5.10 Å². The van der Waals surface area contributed by atoms with E-state index < -0.39 is 0 Å². The van der Waals surface area contributed by atoms with Gasteiger partial charge >= 0.3 is 0 Å². The summed E-state index contributed by atoms with van der Waals surface area (Å²) in [5.74, 6) is 0.849. The third kappa shape index (κ3) is 1.82. The van der Waals surface area contributed by atoms with Gasteiger partial charge in [0.1, 0.15) is 12.1 Å². The summed E-state index contributed by atoms with van der Waals surface area (Å²) in [4.78, 5) is 8.55. The molecule has 2 heterocycles. The second-order valence-corrected chi connectivity index (χ2v) is 4.68. The zero-order chi connectivity index (χ0) is 12.5. The fourth-order valence-corrected chi connectivity index (χ4v) is 2.63. The van der Waals surface area contributed by atoms with Gasteiger partial charge in [-0.1, -0.05) is 0 Å². The van der Waals surface area contributed by atoms with E-state index in [0.717, 1.165) is 29.7 Å². The Hall–Kier alpha value is -1.69. The summed E-state index contributed by atoms with van der Waals surface area (Å²) in [5.41, 5.74) is 0.847. The highest BCUT2D eigenvalue weighted by atomic mass is 16.5. The maximum atomic E-state index is 5.49. The SMILES string of the molecule is COC1CCCC1Nc1ncnc2c1cnn2C. The number of rotatable bonds is 3. The summed E-state index contributed by atoms with van der Waals surface area (Å²) in [6.45, 7) is 0. The lowest BCUT2D eigenvalue weighted by Crippen LogP contribution is -2.30. The Morgan fingerprint density at radius 2 is 2.28 bits per heavy atom. The van der Waals surface area contributed by atoms with Crippen molar-refractivity contribution in [3.8, 4) is 0 Å². The molecule has 1 saturated carbocycles. The highest BCUT2D eigenvalue weighted by Crippen LogP contribution is 2.26. The van der Waals surface area contributed by atoms with Crippen LogP contribution in [0.2, 0.25) is 0 Å². The maximum Gasteiger partial charge on any atom is 0.163 e. The van der Waals surface area contributed by atoms with Crippen LogP contribution >= 0.6 is 0 Å². The minimum atomic E-state index is 0.270. The number of nitrogens with zero attached hydrogens (tertiary/aromatic N) is 4. The second-order valence-electron chi connectivity index (χ2n) is 4.68. The Morgan fingerprint density at radius 1 is 1.39 bits per heavy atom. The summed E-state index contributed by atoms with van der Waals surface area (Å²) in [6, 6.07) is 0.327. The molecule has 1 aliphatic carbocycles. The lowest BCUT2D eigenvalue weighted by atomic mass is 10.2. The largest absolute Gasteiger partial charge is 0.379 e. The number of aryl methyl sites for hydroxylation is 1. The number of ether oxygens (including phenoxy) is 1. The average molecular weight is 247 g/mol. The van der Waals surface area contributed by atoms with E-state index in [1.165, 1.54) is 6.42 Å². The predicted molar refractivity (Wildman–Crippen MR) is 68.4 cm³/mol. The van der Waals surface area contributed by atoms with Crippen LogP contribution in [-0.2, 0) is 11.8 Å². The van der Waals surface area contributed by atoms with Gasteiger partial charge in [-0.05, 0) is 19.3 Å². The zero-order valence-electron chi connectivity index (χ0n) is 10.6. The Labute approximate surface area is 105 Å². The molecule has 18 heavy (non-hydrogen) atoms. The number of nitrogens with one attached hydrogen (secondary N) is 1. The van der Waals surface area contributed by atoms with Crippen molar-refractivity contribution in [3.63, 3.8) is 0 Å². The lowest BCUT2D eigenvalue weighted by molar-refractivity contribution is 0.101. The van der Waals surface area contributed by atoms with E-state index >= 15 is 0 Å². The van der Waals surface area contributed by atoms with Crippen LogP contribution in [0.15, 0.2) is 12.5 Å². The standard InChI is InChI=1S/C12H17N5O/c1-17-12-8(6-15-17)11(13-7-14-12)16-9-4-3-5-10(9)18-2/h6-7,9-10H,3-5H2,1-2H3,(H,13,14,16). The first-order valence-corrected chi connectivity index (χ1v) is 6.21. The molecule has 0 aromatic carbocycles. The molecule has 0 amide bonds. The first-order valence-electron chi connectivity index (χ1n) is 6.21. The van der Waals surface area contributed by atoms with Gasteiger partial charge in [0.15, 0.2) is 5.65 Å². The van der Waals surface area contributed by atoms with Gasteiger partial charge in [0.25, 0.3) is 0 Å². The van der Waals surface area contributed by atoms with Crippen LogP contribution in [0.4, 0.5) is 5.82 Å². The molecule has 1 N–H and O–H groups in total. The minimum Gasteiger partial charge on any atom is -0.379 e. The number of aromatic nitrogens is 4. The van der Waals surface area contributed by atoms with Crippen molar-refractivity contribution >= 4 is 16.9 Å². The second kappa shape index (κ2) is 4.53. The van der Waals surface area contributed by atoms with E-state index in [9.17, 15) is 0 Å². The molecule has 96 valence electrons. The van der Waals surface area contributed by atoms with Crippen molar-refractivity contribution in [1.82, 2.24) is 19.7 Å². The van der Waals surface area contributed by atoms with Gasteiger partial charge in [-0.15, -0.1) is 0 Å². The fourth-order valence-electron chi connectivity index (χ4n) is 2.63. The summed E-state index contributed by atoms with van der Waals surface area (Å²) in [6.07, 6.45) is 7.06. The van der Waals surface area contributed by atoms with E-state index in [0.29, 0.717) is 6.04 Å². The van der Waals surface area contributed by atoms with Crippen LogP contribution in [0, 0.1) is 0 Å². The number of hydrogen-bond acceptors (Lipinski definition) is 5. The summed E-state index contributed by atoms with van der Waals surface area (Å²) < 4.78 is 7.24. The maximum absolute atomic E-state index is 5.49. The van der Waals surface area contributed by atoms with Crippen LogP contribution in [0.25, 0.3) is 11.0 Å². The smallest absolute Gasteiger partial charge is 0.163 e. The first-order chi connectivity index (χ1) is 8.79. The average Bonchev–Trinajstić information content (AvgIpc) is 2.98. The molecule has 1 aliphatic rings. The van der Waals surface area contributed by atoms with E-state index in [-0.39, 0.29) is 6.10 Å². The zero-order valence-corrected chi connectivity index (χ0v) is 10.6. The van der Waals surface area contributed by atoms with Crippen molar-refractivity contribution in [3.05, 3.63) is 12.5 Å². The molecule has 2 aromatic rings. The third-order valence-electron chi connectivity index (χ3n) is 3.61. The highest BCUT2D eigenvalue weighted by Gasteiger charge is 2.27. The molecule has 0 bridgehead atoms. The molecule has 2 atom stereocenters. The van der Waals surface area contributed by atoms with Crippen LogP contribution in [-0.4, -0.2) is 39.0 Å². The van der Waals surface area contributed by atoms with E-state index in [4.69, 9.17) is 4.74 Å². The molecule has 0 spiro atoms. The molecule has 0 aliphatic heterocycles. The molecular weight excluding hydrogens is 230 g/mol. The van der Waals surface area contributed by atoms with Crippen LogP contribution in [0.1, 0.15) is 19.3 Å². The highest BCUT2D eigenvalue weighted by molar-refractivity contribution is 5.86. The number of anilines is 1. The van der Waals surface area contributed by atoms with E-state index in [1.807, 2.05) is 7.05 Å². The van der Waals surface area contributed by atoms with Crippen molar-refractivity contribution < 1.29 is 4.74 Å². The first kappa shape index (κ1) is 11.4. The molecule has 2 aromatic heterocycles. The topological polar surface area (TPSA) is 64.9 Å². The van der Waals surface area contributed by atoms with Gasteiger partial charge in [0, 0.05) is 14.2 Å². The predicted octanol–water partition coefficient (Wildman–Crippen LogP) is 1.34. The summed E-state index contributed by atoms with van der Waals surface area (Å²) in [7, 11) is 3.65. The van der Waals surface area contributed by atoms with E-state index in [2.05, 4.69) is 20.4 Å². The minimum absolute atomic E-state index is 0.270. The molecule has 3 rings (SSSR count). The van der Waals surface area contributed by atoms with Gasteiger partial charge in [-0.3, -0.25) is 4.68 Å². The molecular formula is C12H17N5O. The van der Waals surface area contributed by atoms with Crippen molar-refractivity contribution in [2.45, 2.75) is 31.4 Å². The van der Waals surface area contributed by atoms with Crippen molar-refractivity contribution in [2.24, 2.45) is 7.05 Å². The quantitative estimate of drug-likeness (QED) is 0.886. The van der Waals surface area contributed by atoms with Crippen molar-refractivity contribution in [2.75, 3.05) is 12.4 Å². The van der Waals surface area contributed by atoms with Gasteiger partial charge < -0.3 is 10.1 Å². The monoisotopic (exact) mass is 247 g/mol. The van der Waals surface area contributed by atoms with Gasteiger partial charge in [-0.25, -0.2) is 9.97 Å². The number of fused-ring (bicyclic) bond motifs is 1. The van der Waals surface area contributed by atoms with Gasteiger partial charge in [0.2, 0.25) is 0 Å². The molecule has 1 fully saturated rings. The van der Waals surface area contributed by atoms with Gasteiger partial charge in [0.05, 0.1) is 23.7 Å². The van der Waals surface area contributed by atoms with Crippen molar-refractivity contribution in [1.29, 1.82) is 0 Å². The number of hydrogen-bond donors (Lipinski definition) is 1. The van der Waals surface area contributed by atoms with E-state index in [1.54, 1.807) is 24.3 Å². The third-order valence-corrected chi connectivity index (χ3v) is 3.61. The summed E-state index contributed by atoms with van der Waals surface area (Å²) >= 11 is 0. The molecule has 0 radical (unpaired) electrons. The Morgan fingerprint density at radius 3 is 3.11 bits per heavy atom. The Kier molecular flexibility index (Phi) is 2.87. The van der Waals surface area contributed by atoms with Crippen LogP contribution < -0.4 is 5.32 Å². The Bertz CT molecular complexity index is 552. The molecule has 0 saturated heterocycles. The molecule has 6 nitrogen and oxygen atoms in total. The van der Waals surface area contributed by atoms with Crippen LogP contribution in [0.5, 0.6) is 0 Å². The fraction of sp³-hybridized carbons (Fsp3) is 0.583. The lowest BCUT2D eigenvalue weighted by Gasteiger charge is -2.20. The van der Waals surface area contributed by atoms with Crippen LogP contribution in [0.3, 0.4) is 0 Å². The summed E-state index contributed by atoms with van der Waals surface area (Å²) in [5, 5.41) is 8.64. The number of methoxy groups -OCH3 is 1. The Balaban J connectivity index is 1.90. The normalized spacial score (nSPS) is 23.7. The molecule has 6 heteroatoms.